The maximum atomic E-state index is 11.4. The molecule has 0 fully saturated rings. The van der Waals surface area contributed by atoms with Crippen LogP contribution in [0, 0.1) is 11.3 Å². The number of esters is 2. The molecule has 4 heteroatoms. The van der Waals surface area contributed by atoms with E-state index in [4.69, 9.17) is 9.47 Å². The Morgan fingerprint density at radius 3 is 2.00 bits per heavy atom. The Morgan fingerprint density at radius 1 is 1.06 bits per heavy atom. The standard InChI is InChI=1S/C14H24O4/c1-10(2)9-17-12(15)7-8-13(16)18-11(3)14(4,5)6/h7-8,10-11H,9H2,1-6H3/b8-7+. The molecule has 0 spiro atoms. The maximum Gasteiger partial charge on any atom is 0.331 e. The number of rotatable bonds is 5. The predicted octanol–water partition coefficient (Wildman–Crippen LogP) is 2.72. The zero-order valence-corrected chi connectivity index (χ0v) is 12.1. The highest BCUT2D eigenvalue weighted by molar-refractivity contribution is 5.91. The average molecular weight is 256 g/mol. The molecule has 1 unspecified atom stereocenters. The van der Waals surface area contributed by atoms with Crippen LogP contribution in [-0.4, -0.2) is 24.6 Å². The number of carbonyl (C=O) groups excluding carboxylic acids is 2. The van der Waals surface area contributed by atoms with Gasteiger partial charge in [-0.25, -0.2) is 9.59 Å². The second kappa shape index (κ2) is 7.19. The maximum absolute atomic E-state index is 11.4. The molecule has 0 aliphatic heterocycles. The normalized spacial score (nSPS) is 13.7. The SMILES string of the molecule is CC(C)COC(=O)/C=C/C(=O)OC(C)C(C)(C)C. The summed E-state index contributed by atoms with van der Waals surface area (Å²) in [4.78, 5) is 22.6. The topological polar surface area (TPSA) is 52.6 Å². The first-order valence-electron chi connectivity index (χ1n) is 6.18. The van der Waals surface area contributed by atoms with Crippen molar-refractivity contribution in [2.75, 3.05) is 6.61 Å². The lowest BCUT2D eigenvalue weighted by atomic mass is 9.90. The van der Waals surface area contributed by atoms with Gasteiger partial charge in [-0.05, 0) is 18.3 Å². The molecule has 0 saturated heterocycles. The van der Waals surface area contributed by atoms with Gasteiger partial charge in [-0.2, -0.15) is 0 Å². The van der Waals surface area contributed by atoms with Crippen molar-refractivity contribution in [3.8, 4) is 0 Å². The number of ether oxygens (including phenoxy) is 2. The third kappa shape index (κ3) is 7.87. The molecular formula is C14H24O4. The molecule has 0 N–H and O–H groups in total. The van der Waals surface area contributed by atoms with Crippen LogP contribution in [0.2, 0.25) is 0 Å². The van der Waals surface area contributed by atoms with E-state index >= 15 is 0 Å². The summed E-state index contributed by atoms with van der Waals surface area (Å²) in [5.74, 6) is -0.779. The van der Waals surface area contributed by atoms with E-state index in [9.17, 15) is 9.59 Å². The van der Waals surface area contributed by atoms with E-state index in [1.165, 1.54) is 0 Å². The van der Waals surface area contributed by atoms with E-state index in [-0.39, 0.29) is 17.4 Å². The first kappa shape index (κ1) is 16.7. The van der Waals surface area contributed by atoms with Crippen molar-refractivity contribution in [1.29, 1.82) is 0 Å². The van der Waals surface area contributed by atoms with Crippen LogP contribution in [0.4, 0.5) is 0 Å². The summed E-state index contributed by atoms with van der Waals surface area (Å²) < 4.78 is 10.0. The lowest BCUT2D eigenvalue weighted by molar-refractivity contribution is -0.147. The lowest BCUT2D eigenvalue weighted by Gasteiger charge is -2.26. The van der Waals surface area contributed by atoms with Crippen LogP contribution in [-0.2, 0) is 19.1 Å². The highest BCUT2D eigenvalue weighted by Gasteiger charge is 2.22. The first-order valence-corrected chi connectivity index (χ1v) is 6.18. The predicted molar refractivity (Wildman–Crippen MR) is 69.9 cm³/mol. The van der Waals surface area contributed by atoms with Crippen LogP contribution in [0.3, 0.4) is 0 Å². The molecule has 104 valence electrons. The molecule has 0 radical (unpaired) electrons. The molecule has 0 bridgehead atoms. The summed E-state index contributed by atoms with van der Waals surface area (Å²) in [5.41, 5.74) is -0.123. The molecule has 0 aromatic heterocycles. The van der Waals surface area contributed by atoms with Crippen molar-refractivity contribution in [3.05, 3.63) is 12.2 Å². The highest BCUT2D eigenvalue weighted by atomic mass is 16.5. The fourth-order valence-electron chi connectivity index (χ4n) is 0.823. The molecule has 0 aromatic rings. The van der Waals surface area contributed by atoms with Crippen molar-refractivity contribution < 1.29 is 19.1 Å². The second-order valence-electron chi connectivity index (χ2n) is 5.80. The molecule has 0 rings (SSSR count). The van der Waals surface area contributed by atoms with Gasteiger partial charge < -0.3 is 9.47 Å². The second-order valence-corrected chi connectivity index (χ2v) is 5.80. The third-order valence-corrected chi connectivity index (χ3v) is 2.43. The van der Waals surface area contributed by atoms with Gasteiger partial charge in [-0.3, -0.25) is 0 Å². The van der Waals surface area contributed by atoms with Crippen molar-refractivity contribution in [1.82, 2.24) is 0 Å². The quantitative estimate of drug-likeness (QED) is 0.560. The Morgan fingerprint density at radius 2 is 1.56 bits per heavy atom. The summed E-state index contributed by atoms with van der Waals surface area (Å²) in [7, 11) is 0. The summed E-state index contributed by atoms with van der Waals surface area (Å²) in [6, 6.07) is 0. The van der Waals surface area contributed by atoms with Gasteiger partial charge in [0.15, 0.2) is 0 Å². The average Bonchev–Trinajstić information content (AvgIpc) is 2.22. The molecule has 0 heterocycles. The van der Waals surface area contributed by atoms with Gasteiger partial charge in [-0.1, -0.05) is 34.6 Å². The van der Waals surface area contributed by atoms with Crippen molar-refractivity contribution in [3.63, 3.8) is 0 Å². The van der Waals surface area contributed by atoms with Gasteiger partial charge >= 0.3 is 11.9 Å². The largest absolute Gasteiger partial charge is 0.462 e. The van der Waals surface area contributed by atoms with Crippen LogP contribution in [0.15, 0.2) is 12.2 Å². The Labute approximate surface area is 109 Å². The fourth-order valence-corrected chi connectivity index (χ4v) is 0.823. The number of hydrogen-bond acceptors (Lipinski definition) is 4. The zero-order chi connectivity index (χ0) is 14.3. The van der Waals surface area contributed by atoms with Crippen LogP contribution in [0.1, 0.15) is 41.5 Å². The molecular weight excluding hydrogens is 232 g/mol. The fraction of sp³-hybridized carbons (Fsp3) is 0.714. The van der Waals surface area contributed by atoms with E-state index in [0.29, 0.717) is 6.61 Å². The lowest BCUT2D eigenvalue weighted by Crippen LogP contribution is -2.28. The smallest absolute Gasteiger partial charge is 0.331 e. The van der Waals surface area contributed by atoms with E-state index in [1.54, 1.807) is 0 Å². The number of carbonyl (C=O) groups is 2. The van der Waals surface area contributed by atoms with Crippen LogP contribution in [0.5, 0.6) is 0 Å². The zero-order valence-electron chi connectivity index (χ0n) is 12.1. The van der Waals surface area contributed by atoms with E-state index in [1.807, 2.05) is 41.5 Å². The molecule has 0 aliphatic carbocycles. The van der Waals surface area contributed by atoms with Crippen LogP contribution < -0.4 is 0 Å². The van der Waals surface area contributed by atoms with Gasteiger partial charge in [0.1, 0.15) is 6.10 Å². The first-order chi connectivity index (χ1) is 8.12. The monoisotopic (exact) mass is 256 g/mol. The Hall–Kier alpha value is -1.32. The van der Waals surface area contributed by atoms with E-state index < -0.39 is 11.9 Å². The third-order valence-electron chi connectivity index (χ3n) is 2.43. The van der Waals surface area contributed by atoms with Gasteiger partial charge in [0.25, 0.3) is 0 Å². The van der Waals surface area contributed by atoms with Gasteiger partial charge in [-0.15, -0.1) is 0 Å². The molecule has 0 amide bonds. The summed E-state index contributed by atoms with van der Waals surface area (Å²) in [6.45, 7) is 12.0. The summed E-state index contributed by atoms with van der Waals surface area (Å²) in [5, 5.41) is 0. The van der Waals surface area contributed by atoms with Crippen molar-refractivity contribution in [2.45, 2.75) is 47.6 Å². The Kier molecular flexibility index (Phi) is 6.66. The van der Waals surface area contributed by atoms with Gasteiger partial charge in [0.05, 0.1) is 6.61 Å². The molecule has 18 heavy (non-hydrogen) atoms. The molecule has 4 nitrogen and oxygen atoms in total. The molecule has 0 aliphatic rings. The number of hydrogen-bond donors (Lipinski definition) is 0. The van der Waals surface area contributed by atoms with Crippen molar-refractivity contribution in [2.24, 2.45) is 11.3 Å². The van der Waals surface area contributed by atoms with Crippen LogP contribution >= 0.6 is 0 Å². The molecule has 0 aromatic carbocycles. The van der Waals surface area contributed by atoms with E-state index in [2.05, 4.69) is 0 Å². The van der Waals surface area contributed by atoms with Crippen molar-refractivity contribution >= 4 is 11.9 Å². The minimum atomic E-state index is -0.529. The van der Waals surface area contributed by atoms with Gasteiger partial charge in [0.2, 0.25) is 0 Å². The van der Waals surface area contributed by atoms with Gasteiger partial charge in [0, 0.05) is 12.2 Å². The summed E-state index contributed by atoms with van der Waals surface area (Å²) >= 11 is 0. The summed E-state index contributed by atoms with van der Waals surface area (Å²) in [6.07, 6.45) is 1.98. The minimum absolute atomic E-state index is 0.123. The minimum Gasteiger partial charge on any atom is -0.462 e. The Bertz CT molecular complexity index is 310. The van der Waals surface area contributed by atoms with Crippen LogP contribution in [0.25, 0.3) is 0 Å². The highest BCUT2D eigenvalue weighted by Crippen LogP contribution is 2.21. The molecule has 0 saturated carbocycles. The van der Waals surface area contributed by atoms with E-state index in [0.717, 1.165) is 12.2 Å². The molecule has 1 atom stereocenters. The Balaban J connectivity index is 4.12.